The number of carbonyl (C=O) groups excluding carboxylic acids is 2. The van der Waals surface area contributed by atoms with Gasteiger partial charge in [-0.25, -0.2) is 0 Å². The molecular formula is C18H24N2O3. The van der Waals surface area contributed by atoms with Crippen LogP contribution in [-0.2, 0) is 9.59 Å². The Kier molecular flexibility index (Phi) is 5.79. The highest BCUT2D eigenvalue weighted by atomic mass is 16.5. The molecule has 0 aliphatic carbocycles. The van der Waals surface area contributed by atoms with E-state index in [1.54, 1.807) is 25.1 Å². The van der Waals surface area contributed by atoms with E-state index in [2.05, 4.69) is 0 Å². The fourth-order valence-electron chi connectivity index (χ4n) is 2.57. The first-order valence-corrected chi connectivity index (χ1v) is 7.87. The average molecular weight is 316 g/mol. The number of amides is 2. The van der Waals surface area contributed by atoms with Crippen molar-refractivity contribution in [3.05, 3.63) is 35.9 Å². The van der Waals surface area contributed by atoms with Gasteiger partial charge in [0.05, 0.1) is 7.11 Å². The second-order valence-corrected chi connectivity index (χ2v) is 5.80. The third-order valence-corrected chi connectivity index (χ3v) is 4.12. The largest absolute Gasteiger partial charge is 0.497 e. The second kappa shape index (κ2) is 7.81. The van der Waals surface area contributed by atoms with E-state index in [9.17, 15) is 9.59 Å². The number of carbonyl (C=O) groups is 2. The Bertz CT molecular complexity index is 610. The van der Waals surface area contributed by atoms with E-state index < -0.39 is 0 Å². The number of methoxy groups -OCH3 is 1. The molecule has 1 fully saturated rings. The molecular weight excluding hydrogens is 292 g/mol. The zero-order chi connectivity index (χ0) is 16.8. The molecule has 0 bridgehead atoms. The van der Waals surface area contributed by atoms with Crippen LogP contribution in [0, 0.1) is 0 Å². The van der Waals surface area contributed by atoms with Crippen molar-refractivity contribution in [2.24, 2.45) is 0 Å². The van der Waals surface area contributed by atoms with Crippen molar-refractivity contribution >= 4 is 17.4 Å². The molecule has 23 heavy (non-hydrogen) atoms. The fraction of sp³-hybridized carbons (Fsp3) is 0.444. The lowest BCUT2D eigenvalue weighted by Crippen LogP contribution is -2.36. The smallest absolute Gasteiger partial charge is 0.246 e. The van der Waals surface area contributed by atoms with E-state index in [-0.39, 0.29) is 11.8 Å². The van der Waals surface area contributed by atoms with Crippen molar-refractivity contribution in [3.63, 3.8) is 0 Å². The van der Waals surface area contributed by atoms with Crippen molar-refractivity contribution in [2.45, 2.75) is 19.8 Å². The van der Waals surface area contributed by atoms with Gasteiger partial charge in [-0.15, -0.1) is 0 Å². The maximum Gasteiger partial charge on any atom is 0.246 e. The lowest BCUT2D eigenvalue weighted by molar-refractivity contribution is -0.130. The molecule has 1 aromatic carbocycles. The molecule has 5 heteroatoms. The van der Waals surface area contributed by atoms with E-state index >= 15 is 0 Å². The highest BCUT2D eigenvalue weighted by Gasteiger charge is 2.20. The van der Waals surface area contributed by atoms with Gasteiger partial charge in [0.2, 0.25) is 11.8 Å². The Morgan fingerprint density at radius 1 is 1.43 bits per heavy atom. The lowest BCUT2D eigenvalue weighted by atomic mass is 10.1. The predicted molar refractivity (Wildman–Crippen MR) is 90.1 cm³/mol. The fourth-order valence-corrected chi connectivity index (χ4v) is 2.57. The summed E-state index contributed by atoms with van der Waals surface area (Å²) in [6, 6.07) is 7.63. The summed E-state index contributed by atoms with van der Waals surface area (Å²) in [5, 5.41) is 0. The van der Waals surface area contributed by atoms with E-state index in [1.807, 2.05) is 36.1 Å². The summed E-state index contributed by atoms with van der Waals surface area (Å²) >= 11 is 0. The van der Waals surface area contributed by atoms with Gasteiger partial charge in [0.15, 0.2) is 0 Å². The number of ether oxygens (including phenoxy) is 1. The van der Waals surface area contributed by atoms with Gasteiger partial charge in [-0.3, -0.25) is 9.59 Å². The van der Waals surface area contributed by atoms with Gasteiger partial charge in [0.25, 0.3) is 0 Å². The number of hydrogen-bond donors (Lipinski definition) is 0. The van der Waals surface area contributed by atoms with Crippen LogP contribution in [0.4, 0.5) is 0 Å². The van der Waals surface area contributed by atoms with Crippen LogP contribution in [0.3, 0.4) is 0 Å². The van der Waals surface area contributed by atoms with Crippen LogP contribution in [0.2, 0.25) is 0 Å². The van der Waals surface area contributed by atoms with Crippen molar-refractivity contribution < 1.29 is 14.3 Å². The maximum absolute atomic E-state index is 12.3. The molecule has 5 nitrogen and oxygen atoms in total. The summed E-state index contributed by atoms with van der Waals surface area (Å²) in [6.45, 7) is 3.86. The van der Waals surface area contributed by atoms with Crippen LogP contribution in [0.25, 0.3) is 5.57 Å². The molecule has 124 valence electrons. The summed E-state index contributed by atoms with van der Waals surface area (Å²) in [5.74, 6) is 0.898. The van der Waals surface area contributed by atoms with Crippen LogP contribution in [0.5, 0.6) is 5.75 Å². The quantitative estimate of drug-likeness (QED) is 0.756. The molecule has 2 amide bonds. The molecule has 0 N–H and O–H groups in total. The van der Waals surface area contributed by atoms with Gasteiger partial charge in [-0.2, -0.15) is 0 Å². The summed E-state index contributed by atoms with van der Waals surface area (Å²) in [6.07, 6.45) is 3.18. The Hall–Kier alpha value is -2.30. The molecule has 1 aliphatic rings. The molecule has 1 aromatic rings. The van der Waals surface area contributed by atoms with E-state index in [0.717, 1.165) is 29.9 Å². The van der Waals surface area contributed by atoms with Crippen LogP contribution < -0.4 is 4.74 Å². The van der Waals surface area contributed by atoms with Gasteiger partial charge < -0.3 is 14.5 Å². The summed E-state index contributed by atoms with van der Waals surface area (Å²) < 4.78 is 5.20. The van der Waals surface area contributed by atoms with Crippen molar-refractivity contribution in [1.29, 1.82) is 0 Å². The Morgan fingerprint density at radius 2 is 2.22 bits per heavy atom. The minimum atomic E-state index is -0.0584. The molecule has 0 atom stereocenters. The molecule has 0 aromatic heterocycles. The van der Waals surface area contributed by atoms with Gasteiger partial charge in [-0.05, 0) is 36.6 Å². The molecule has 0 unspecified atom stereocenters. The topological polar surface area (TPSA) is 49.9 Å². The number of benzene rings is 1. The van der Waals surface area contributed by atoms with E-state index in [1.165, 1.54) is 0 Å². The third-order valence-electron chi connectivity index (χ3n) is 4.12. The minimum Gasteiger partial charge on any atom is -0.497 e. The standard InChI is InChI=1S/C18H24N2O3/c1-14(15-6-4-7-16(13-15)23-3)12-18(22)19(2)10-11-20-9-5-8-17(20)21/h4,6-7,12-13H,5,8-11H2,1-3H3/b14-12+. The molecule has 0 spiro atoms. The highest BCUT2D eigenvalue weighted by Crippen LogP contribution is 2.19. The highest BCUT2D eigenvalue weighted by molar-refractivity contribution is 5.94. The number of nitrogens with zero attached hydrogens (tertiary/aromatic N) is 2. The SMILES string of the molecule is COc1cccc(/C(C)=C/C(=O)N(C)CCN2CCCC2=O)c1. The second-order valence-electron chi connectivity index (χ2n) is 5.80. The van der Waals surface area contributed by atoms with Gasteiger partial charge in [0.1, 0.15) is 5.75 Å². The number of hydrogen-bond acceptors (Lipinski definition) is 3. The third kappa shape index (κ3) is 4.58. The molecule has 1 aliphatic heterocycles. The zero-order valence-corrected chi connectivity index (χ0v) is 14.0. The Balaban J connectivity index is 1.94. The lowest BCUT2D eigenvalue weighted by Gasteiger charge is -2.21. The number of allylic oxidation sites excluding steroid dienone is 1. The average Bonchev–Trinajstić information content (AvgIpc) is 2.97. The summed E-state index contributed by atoms with van der Waals surface area (Å²) in [5.41, 5.74) is 1.85. The van der Waals surface area contributed by atoms with Crippen LogP contribution in [-0.4, -0.2) is 55.4 Å². The molecule has 0 saturated carbocycles. The minimum absolute atomic E-state index is 0.0584. The van der Waals surface area contributed by atoms with Gasteiger partial charge >= 0.3 is 0 Å². The Labute approximate surface area is 137 Å². The first-order chi connectivity index (χ1) is 11.0. The molecule has 0 radical (unpaired) electrons. The predicted octanol–water partition coefficient (Wildman–Crippen LogP) is 2.18. The normalized spacial score (nSPS) is 15.0. The van der Waals surface area contributed by atoms with Gasteiger partial charge in [0, 0.05) is 39.2 Å². The van der Waals surface area contributed by atoms with Crippen LogP contribution in [0.15, 0.2) is 30.3 Å². The molecule has 1 heterocycles. The van der Waals surface area contributed by atoms with Crippen molar-refractivity contribution in [3.8, 4) is 5.75 Å². The maximum atomic E-state index is 12.3. The zero-order valence-electron chi connectivity index (χ0n) is 14.0. The monoisotopic (exact) mass is 316 g/mol. The van der Waals surface area contributed by atoms with E-state index in [4.69, 9.17) is 4.74 Å². The van der Waals surface area contributed by atoms with Gasteiger partial charge in [-0.1, -0.05) is 12.1 Å². The first-order valence-electron chi connectivity index (χ1n) is 7.87. The number of rotatable bonds is 6. The summed E-state index contributed by atoms with van der Waals surface area (Å²) in [4.78, 5) is 27.3. The number of likely N-dealkylation sites (tertiary alicyclic amines) is 1. The summed E-state index contributed by atoms with van der Waals surface area (Å²) in [7, 11) is 3.38. The van der Waals surface area contributed by atoms with Crippen molar-refractivity contribution in [2.75, 3.05) is 33.8 Å². The van der Waals surface area contributed by atoms with Crippen molar-refractivity contribution in [1.82, 2.24) is 9.80 Å². The molecule has 2 rings (SSSR count). The number of likely N-dealkylation sites (N-methyl/N-ethyl adjacent to an activating group) is 1. The van der Waals surface area contributed by atoms with Crippen LogP contribution >= 0.6 is 0 Å². The molecule has 1 saturated heterocycles. The van der Waals surface area contributed by atoms with Crippen LogP contribution in [0.1, 0.15) is 25.3 Å². The first kappa shape index (κ1) is 17.1. The van der Waals surface area contributed by atoms with E-state index in [0.29, 0.717) is 19.5 Å². The Morgan fingerprint density at radius 3 is 2.87 bits per heavy atom.